The van der Waals surface area contributed by atoms with Gasteiger partial charge in [-0.05, 0) is 31.0 Å². The number of anilines is 3. The first kappa shape index (κ1) is 21.4. The number of alkyl halides is 3. The summed E-state index contributed by atoms with van der Waals surface area (Å²) in [7, 11) is 0. The number of hydrogen-bond donors (Lipinski definition) is 1. The van der Waals surface area contributed by atoms with E-state index in [1.54, 1.807) is 24.5 Å². The van der Waals surface area contributed by atoms with Gasteiger partial charge in [-0.25, -0.2) is 15.0 Å². The van der Waals surface area contributed by atoms with Crippen LogP contribution in [0.25, 0.3) is 11.4 Å². The van der Waals surface area contributed by atoms with Gasteiger partial charge in [0.05, 0.1) is 0 Å². The lowest BCUT2D eigenvalue weighted by Crippen LogP contribution is -2.58. The number of halogens is 3. The van der Waals surface area contributed by atoms with Gasteiger partial charge in [-0.1, -0.05) is 0 Å². The van der Waals surface area contributed by atoms with Crippen molar-refractivity contribution in [2.45, 2.75) is 19.2 Å². The van der Waals surface area contributed by atoms with Crippen LogP contribution in [0, 0.1) is 5.41 Å². The molecule has 33 heavy (non-hydrogen) atoms. The molecular weight excluding hydrogens is 437 g/mol. The van der Waals surface area contributed by atoms with Crippen LogP contribution < -0.4 is 15.0 Å². The minimum Gasteiger partial charge on any atom is -0.406 e. The molecule has 0 aromatic carbocycles. The highest BCUT2D eigenvalue weighted by Crippen LogP contribution is 2.42. The summed E-state index contributed by atoms with van der Waals surface area (Å²) >= 11 is 0. The van der Waals surface area contributed by atoms with Gasteiger partial charge in [-0.15, -0.1) is 13.2 Å². The van der Waals surface area contributed by atoms with Crippen LogP contribution in [-0.4, -0.2) is 52.6 Å². The fraction of sp³-hybridized carbons (Fsp3) is 0.364. The summed E-state index contributed by atoms with van der Waals surface area (Å²) in [6, 6.07) is 7.71. The van der Waals surface area contributed by atoms with Crippen LogP contribution in [0.4, 0.5) is 30.6 Å². The molecule has 0 saturated carbocycles. The maximum atomic E-state index is 12.6. The third-order valence-corrected chi connectivity index (χ3v) is 5.78. The van der Waals surface area contributed by atoms with Gasteiger partial charge in [0, 0.05) is 68.0 Å². The highest BCUT2D eigenvalue weighted by atomic mass is 19.4. The van der Waals surface area contributed by atoms with Gasteiger partial charge in [-0.3, -0.25) is 4.98 Å². The number of aromatic nitrogens is 4. The lowest BCUT2D eigenvalue weighted by Gasteiger charge is -2.52. The molecule has 2 aliphatic rings. The van der Waals surface area contributed by atoms with E-state index in [9.17, 15) is 13.2 Å². The zero-order valence-electron chi connectivity index (χ0n) is 17.5. The van der Waals surface area contributed by atoms with Crippen molar-refractivity contribution in [3.8, 4) is 17.1 Å². The van der Waals surface area contributed by atoms with Crippen LogP contribution in [0.15, 0.2) is 48.9 Å². The molecule has 172 valence electrons. The second-order valence-electron chi connectivity index (χ2n) is 8.19. The van der Waals surface area contributed by atoms with Crippen LogP contribution in [0.2, 0.25) is 0 Å². The van der Waals surface area contributed by atoms with Gasteiger partial charge in [0.2, 0.25) is 0 Å². The van der Waals surface area contributed by atoms with Gasteiger partial charge in [0.25, 0.3) is 0 Å². The highest BCUT2D eigenvalue weighted by Gasteiger charge is 2.44. The first-order valence-corrected chi connectivity index (χ1v) is 10.5. The monoisotopic (exact) mass is 458 g/mol. The molecule has 2 fully saturated rings. The van der Waals surface area contributed by atoms with Crippen molar-refractivity contribution in [1.29, 1.82) is 0 Å². The predicted octanol–water partition coefficient (Wildman–Crippen LogP) is 4.19. The van der Waals surface area contributed by atoms with Gasteiger partial charge in [0.1, 0.15) is 23.2 Å². The zero-order valence-corrected chi connectivity index (χ0v) is 17.5. The summed E-state index contributed by atoms with van der Waals surface area (Å²) in [5.41, 5.74) is 0.974. The van der Waals surface area contributed by atoms with Crippen LogP contribution in [0.1, 0.15) is 12.8 Å². The number of nitrogens with zero attached hydrogens (tertiary/aromatic N) is 5. The number of pyridine rings is 2. The van der Waals surface area contributed by atoms with E-state index in [0.29, 0.717) is 11.6 Å². The van der Waals surface area contributed by atoms with Crippen LogP contribution in [-0.2, 0) is 4.74 Å². The van der Waals surface area contributed by atoms with Gasteiger partial charge in [-0.2, -0.15) is 0 Å². The summed E-state index contributed by atoms with van der Waals surface area (Å²) in [6.07, 6.45) is 1.81. The molecule has 3 aromatic rings. The van der Waals surface area contributed by atoms with Crippen molar-refractivity contribution in [2.75, 3.05) is 36.5 Å². The van der Waals surface area contributed by atoms with E-state index in [2.05, 4.69) is 29.9 Å². The Hall–Kier alpha value is -3.47. The second-order valence-corrected chi connectivity index (χ2v) is 8.19. The molecule has 3 aromatic heterocycles. The Morgan fingerprint density at radius 1 is 1.03 bits per heavy atom. The number of ether oxygens (including phenoxy) is 2. The normalized spacial score (nSPS) is 17.5. The first-order chi connectivity index (χ1) is 15.9. The lowest BCUT2D eigenvalue weighted by atomic mass is 9.73. The average molecular weight is 458 g/mol. The molecule has 1 spiro atoms. The third-order valence-electron chi connectivity index (χ3n) is 5.78. The van der Waals surface area contributed by atoms with E-state index in [4.69, 9.17) is 9.72 Å². The maximum Gasteiger partial charge on any atom is 0.573 e. The molecule has 8 nitrogen and oxygen atoms in total. The van der Waals surface area contributed by atoms with Crippen LogP contribution in [0.5, 0.6) is 5.75 Å². The van der Waals surface area contributed by atoms with Gasteiger partial charge < -0.3 is 19.7 Å². The largest absolute Gasteiger partial charge is 0.573 e. The van der Waals surface area contributed by atoms with Gasteiger partial charge in [0.15, 0.2) is 5.82 Å². The molecular formula is C22H21F3N6O2. The average Bonchev–Trinajstić information content (AvgIpc) is 2.77. The Labute approximate surface area is 187 Å². The van der Waals surface area contributed by atoms with E-state index in [-0.39, 0.29) is 17.0 Å². The molecule has 0 atom stereocenters. The number of nitrogens with one attached hydrogen (secondary N) is 1. The minimum atomic E-state index is -4.79. The van der Waals surface area contributed by atoms with Crippen molar-refractivity contribution in [1.82, 2.24) is 19.9 Å². The van der Waals surface area contributed by atoms with Crippen molar-refractivity contribution in [3.05, 3.63) is 48.9 Å². The molecule has 0 aliphatic carbocycles. The fourth-order valence-corrected chi connectivity index (χ4v) is 4.14. The highest BCUT2D eigenvalue weighted by molar-refractivity contribution is 5.65. The summed E-state index contributed by atoms with van der Waals surface area (Å²) < 4.78 is 47.2. The van der Waals surface area contributed by atoms with E-state index in [1.165, 1.54) is 12.3 Å². The van der Waals surface area contributed by atoms with E-state index >= 15 is 0 Å². The van der Waals surface area contributed by atoms with Crippen LogP contribution in [0.3, 0.4) is 0 Å². The summed E-state index contributed by atoms with van der Waals surface area (Å²) in [4.78, 5) is 19.7. The minimum absolute atomic E-state index is 0.169. The summed E-state index contributed by atoms with van der Waals surface area (Å²) in [5, 5.41) is 2.98. The van der Waals surface area contributed by atoms with Crippen LogP contribution >= 0.6 is 0 Å². The number of rotatable bonds is 5. The Morgan fingerprint density at radius 3 is 2.58 bits per heavy atom. The van der Waals surface area contributed by atoms with Crippen molar-refractivity contribution in [3.63, 3.8) is 0 Å². The molecule has 1 N–H and O–H groups in total. The Morgan fingerprint density at radius 2 is 1.85 bits per heavy atom. The SMILES string of the molecule is FC(F)(F)Oc1ccnc(Nc2cc(N3CC4(CCOCC4)C3)nc(-c3cccnc3)n2)c1. The summed E-state index contributed by atoms with van der Waals surface area (Å²) in [5.74, 6) is 1.39. The lowest BCUT2D eigenvalue weighted by molar-refractivity contribution is -0.274. The van der Waals surface area contributed by atoms with Gasteiger partial charge >= 0.3 is 6.36 Å². The summed E-state index contributed by atoms with van der Waals surface area (Å²) in [6.45, 7) is 3.28. The van der Waals surface area contributed by atoms with E-state index < -0.39 is 6.36 Å². The van der Waals surface area contributed by atoms with Crippen molar-refractivity contribution in [2.24, 2.45) is 5.41 Å². The van der Waals surface area contributed by atoms with E-state index in [0.717, 1.165) is 56.6 Å². The van der Waals surface area contributed by atoms with Crippen molar-refractivity contribution < 1.29 is 22.6 Å². The molecule has 11 heteroatoms. The third kappa shape index (κ3) is 4.98. The zero-order chi connectivity index (χ0) is 22.9. The Balaban J connectivity index is 1.42. The molecule has 0 amide bonds. The predicted molar refractivity (Wildman–Crippen MR) is 114 cm³/mol. The molecule has 0 radical (unpaired) electrons. The molecule has 5 rings (SSSR count). The molecule has 0 unspecified atom stereocenters. The quantitative estimate of drug-likeness (QED) is 0.609. The van der Waals surface area contributed by atoms with Crippen molar-refractivity contribution >= 4 is 17.5 Å². The Bertz CT molecular complexity index is 1110. The molecule has 0 bridgehead atoms. The molecule has 5 heterocycles. The smallest absolute Gasteiger partial charge is 0.406 e. The standard InChI is InChI=1S/C22H21F3N6O2/c23-22(24,25)33-16-3-7-27-17(10-16)28-18-11-19(30-20(29-18)15-2-1-6-26-12-15)31-13-21(14-31)4-8-32-9-5-21/h1-3,6-7,10-12H,4-5,8-9,13-14H2,(H,27,28,29,30). The number of hydrogen-bond acceptors (Lipinski definition) is 8. The topological polar surface area (TPSA) is 85.3 Å². The maximum absolute atomic E-state index is 12.6. The molecule has 2 saturated heterocycles. The fourth-order valence-electron chi connectivity index (χ4n) is 4.14. The first-order valence-electron chi connectivity index (χ1n) is 10.5. The van der Waals surface area contributed by atoms with E-state index in [1.807, 2.05) is 6.07 Å². The molecule has 2 aliphatic heterocycles. The Kier molecular flexibility index (Phi) is 5.49. The second kappa shape index (κ2) is 8.47.